The van der Waals surface area contributed by atoms with Crippen molar-refractivity contribution in [3.63, 3.8) is 0 Å². The summed E-state index contributed by atoms with van der Waals surface area (Å²) in [5.74, 6) is 2.14. The molecule has 2 aromatic rings. The molecule has 0 unspecified atom stereocenters. The van der Waals surface area contributed by atoms with Crippen molar-refractivity contribution in [2.24, 2.45) is 10.9 Å². The van der Waals surface area contributed by atoms with Gasteiger partial charge in [-0.2, -0.15) is 4.98 Å². The van der Waals surface area contributed by atoms with Gasteiger partial charge in [0.25, 0.3) is 0 Å². The van der Waals surface area contributed by atoms with Gasteiger partial charge >= 0.3 is 0 Å². The van der Waals surface area contributed by atoms with Crippen LogP contribution < -0.4 is 5.32 Å². The van der Waals surface area contributed by atoms with E-state index in [1.54, 1.807) is 12.4 Å². The van der Waals surface area contributed by atoms with Gasteiger partial charge in [0.1, 0.15) is 5.69 Å². The average Bonchev–Trinajstić information content (AvgIpc) is 3.14. The van der Waals surface area contributed by atoms with E-state index in [1.165, 1.54) is 12.8 Å². The van der Waals surface area contributed by atoms with Crippen molar-refractivity contribution in [1.82, 2.24) is 15.0 Å². The monoisotopic (exact) mass is 395 g/mol. The van der Waals surface area contributed by atoms with E-state index in [-0.39, 0.29) is 30.7 Å². The van der Waals surface area contributed by atoms with Crippen LogP contribution in [0.5, 0.6) is 5.88 Å². The molecule has 0 aromatic carbocycles. The molecule has 0 saturated heterocycles. The predicted molar refractivity (Wildman–Crippen MR) is 110 cm³/mol. The van der Waals surface area contributed by atoms with E-state index in [0.29, 0.717) is 23.5 Å². The van der Waals surface area contributed by atoms with E-state index < -0.39 is 0 Å². The summed E-state index contributed by atoms with van der Waals surface area (Å²) in [6, 6.07) is 4.27. The molecule has 140 valence electrons. The quantitative estimate of drug-likeness (QED) is 0.708. The highest BCUT2D eigenvalue weighted by atomic mass is 35.5. The number of aliphatic imine (C=N–C) groups is 1. The second-order valence-corrected chi connectivity index (χ2v) is 6.66. The SMILES string of the molecule is CC1CCC(Nc2nc(O)c(/C=C3\C=Nc4ncccc43)[nH]2)CC1.Cl.Cl. The number of aromatic amines is 1. The number of hydrogen-bond donors (Lipinski definition) is 3. The Morgan fingerprint density at radius 3 is 2.77 bits per heavy atom. The lowest BCUT2D eigenvalue weighted by molar-refractivity contribution is 0.360. The van der Waals surface area contributed by atoms with Gasteiger partial charge in [-0.1, -0.05) is 6.92 Å². The number of nitrogens with one attached hydrogen (secondary N) is 2. The second-order valence-electron chi connectivity index (χ2n) is 6.66. The van der Waals surface area contributed by atoms with Crippen LogP contribution in [0.25, 0.3) is 11.6 Å². The Kier molecular flexibility index (Phi) is 6.67. The zero-order valence-electron chi connectivity index (χ0n) is 14.5. The number of allylic oxidation sites excluding steroid dienone is 1. The topological polar surface area (TPSA) is 86.2 Å². The maximum Gasteiger partial charge on any atom is 0.238 e. The highest BCUT2D eigenvalue weighted by Crippen LogP contribution is 2.32. The van der Waals surface area contributed by atoms with E-state index >= 15 is 0 Å². The van der Waals surface area contributed by atoms with E-state index in [4.69, 9.17) is 0 Å². The summed E-state index contributed by atoms with van der Waals surface area (Å²) in [6.07, 6.45) is 10.1. The third-order valence-corrected chi connectivity index (χ3v) is 4.79. The fraction of sp³-hybridized carbons (Fsp3) is 0.389. The summed E-state index contributed by atoms with van der Waals surface area (Å²) < 4.78 is 0. The minimum atomic E-state index is -0.0000761. The molecule has 1 saturated carbocycles. The lowest BCUT2D eigenvalue weighted by Gasteiger charge is -2.26. The molecule has 6 nitrogen and oxygen atoms in total. The zero-order valence-corrected chi connectivity index (χ0v) is 16.1. The Morgan fingerprint density at radius 2 is 2.00 bits per heavy atom. The van der Waals surface area contributed by atoms with Crippen molar-refractivity contribution in [2.75, 3.05) is 5.32 Å². The van der Waals surface area contributed by atoms with Crippen LogP contribution in [0.1, 0.15) is 43.9 Å². The van der Waals surface area contributed by atoms with Crippen molar-refractivity contribution >= 4 is 54.4 Å². The Hall–Kier alpha value is -2.05. The molecule has 0 bridgehead atoms. The van der Waals surface area contributed by atoms with Crippen LogP contribution in [0.15, 0.2) is 23.3 Å². The van der Waals surface area contributed by atoms with Crippen LogP contribution in [0.3, 0.4) is 0 Å². The number of aromatic hydroxyl groups is 1. The standard InChI is InChI=1S/C18H21N5O.2ClH/c1-11-4-6-13(7-5-11)21-18-22-15(17(24)23-18)9-12-10-20-16-14(12)3-2-8-19-16;;/h2-3,8-11,13,24H,4-7H2,1H3,(H2,21,22,23);2*1H/b12-9+;;. The summed E-state index contributed by atoms with van der Waals surface area (Å²) in [7, 11) is 0. The van der Waals surface area contributed by atoms with Gasteiger partial charge in [-0.25, -0.2) is 9.98 Å². The predicted octanol–water partition coefficient (Wildman–Crippen LogP) is 4.60. The van der Waals surface area contributed by atoms with Gasteiger partial charge in [0.05, 0.1) is 0 Å². The van der Waals surface area contributed by atoms with Gasteiger partial charge in [0, 0.05) is 29.6 Å². The Bertz CT molecular complexity index is 810. The summed E-state index contributed by atoms with van der Waals surface area (Å²) in [6.45, 7) is 2.30. The van der Waals surface area contributed by atoms with Crippen molar-refractivity contribution in [3.8, 4) is 5.88 Å². The van der Waals surface area contributed by atoms with E-state index in [0.717, 1.165) is 29.9 Å². The van der Waals surface area contributed by atoms with Gasteiger partial charge in [-0.15, -0.1) is 24.8 Å². The molecule has 0 atom stereocenters. The first kappa shape index (κ1) is 20.3. The number of halogens is 2. The van der Waals surface area contributed by atoms with Crippen molar-refractivity contribution < 1.29 is 5.11 Å². The Labute approximate surface area is 165 Å². The number of imidazole rings is 1. The molecule has 2 aromatic heterocycles. The molecule has 8 heteroatoms. The van der Waals surface area contributed by atoms with Crippen LogP contribution in [0.4, 0.5) is 11.8 Å². The van der Waals surface area contributed by atoms with E-state index in [9.17, 15) is 5.11 Å². The number of rotatable bonds is 3. The van der Waals surface area contributed by atoms with Gasteiger partial charge in [0.15, 0.2) is 5.82 Å². The molecule has 4 rings (SSSR count). The number of anilines is 1. The van der Waals surface area contributed by atoms with Gasteiger partial charge in [-0.3, -0.25) is 0 Å². The van der Waals surface area contributed by atoms with Crippen LogP contribution in [-0.2, 0) is 0 Å². The smallest absolute Gasteiger partial charge is 0.238 e. The average molecular weight is 396 g/mol. The first-order valence-corrected chi connectivity index (χ1v) is 8.45. The second kappa shape index (κ2) is 8.56. The molecule has 1 fully saturated rings. The number of hydrogen-bond acceptors (Lipinski definition) is 5. The molecule has 1 aliphatic heterocycles. The normalized spacial score (nSPS) is 22.4. The molecule has 2 aliphatic rings. The van der Waals surface area contributed by atoms with Crippen molar-refractivity contribution in [2.45, 2.75) is 38.6 Å². The third kappa shape index (κ3) is 4.19. The maximum atomic E-state index is 10.1. The first-order valence-electron chi connectivity index (χ1n) is 8.45. The highest BCUT2D eigenvalue weighted by molar-refractivity contribution is 6.20. The summed E-state index contributed by atoms with van der Waals surface area (Å²) in [4.78, 5) is 15.9. The van der Waals surface area contributed by atoms with E-state index in [2.05, 4.69) is 32.2 Å². The number of nitrogens with zero attached hydrogens (tertiary/aromatic N) is 3. The highest BCUT2D eigenvalue weighted by Gasteiger charge is 2.20. The number of H-pyrrole nitrogens is 1. The third-order valence-electron chi connectivity index (χ3n) is 4.79. The van der Waals surface area contributed by atoms with Gasteiger partial charge in [-0.05, 0) is 49.8 Å². The van der Waals surface area contributed by atoms with Crippen molar-refractivity contribution in [3.05, 3.63) is 29.6 Å². The van der Waals surface area contributed by atoms with Crippen LogP contribution in [0, 0.1) is 5.92 Å². The summed E-state index contributed by atoms with van der Waals surface area (Å²) >= 11 is 0. The molecule has 1 aliphatic carbocycles. The van der Waals surface area contributed by atoms with Crippen LogP contribution in [-0.4, -0.2) is 32.3 Å². The molecule has 0 spiro atoms. The number of fused-ring (bicyclic) bond motifs is 1. The minimum absolute atomic E-state index is 0. The molecule has 0 amide bonds. The Balaban J connectivity index is 0.00000121. The summed E-state index contributed by atoms with van der Waals surface area (Å²) in [5.41, 5.74) is 2.46. The Morgan fingerprint density at radius 1 is 1.23 bits per heavy atom. The molecular formula is C18H23Cl2N5O. The van der Waals surface area contributed by atoms with Crippen LogP contribution >= 0.6 is 24.8 Å². The molecule has 26 heavy (non-hydrogen) atoms. The molecule has 3 N–H and O–H groups in total. The van der Waals surface area contributed by atoms with Gasteiger partial charge < -0.3 is 15.4 Å². The molecule has 0 radical (unpaired) electrons. The minimum Gasteiger partial charge on any atom is -0.492 e. The molecular weight excluding hydrogens is 373 g/mol. The zero-order chi connectivity index (χ0) is 16.5. The van der Waals surface area contributed by atoms with Crippen molar-refractivity contribution in [1.29, 1.82) is 0 Å². The van der Waals surface area contributed by atoms with Crippen LogP contribution in [0.2, 0.25) is 0 Å². The van der Waals surface area contributed by atoms with E-state index in [1.807, 2.05) is 18.2 Å². The maximum absolute atomic E-state index is 10.1. The van der Waals surface area contributed by atoms with Gasteiger partial charge in [0.2, 0.25) is 11.8 Å². The molecule has 3 heterocycles. The summed E-state index contributed by atoms with van der Waals surface area (Å²) in [5, 5.41) is 13.5. The largest absolute Gasteiger partial charge is 0.492 e. The fourth-order valence-electron chi connectivity index (χ4n) is 3.34. The fourth-order valence-corrected chi connectivity index (χ4v) is 3.34. The lowest BCUT2D eigenvalue weighted by atomic mass is 9.87. The number of pyridine rings is 1. The first-order chi connectivity index (χ1) is 11.7. The lowest BCUT2D eigenvalue weighted by Crippen LogP contribution is -2.25. The number of aromatic nitrogens is 3.